The standard InChI is InChI=1S/C12H19N3O.ClH/c1-2-4-9(5-3-1)11-14-12(16-15-11)10-6-7-13-8-10;/h9-10,13H,1-8H2;1H. The lowest BCUT2D eigenvalue weighted by atomic mass is 9.89. The number of halogens is 1. The fourth-order valence-electron chi connectivity index (χ4n) is 2.81. The summed E-state index contributed by atoms with van der Waals surface area (Å²) in [6.45, 7) is 2.07. The summed E-state index contributed by atoms with van der Waals surface area (Å²) in [4.78, 5) is 4.60. The van der Waals surface area contributed by atoms with Gasteiger partial charge in [0.2, 0.25) is 5.89 Å². The highest BCUT2D eigenvalue weighted by Gasteiger charge is 2.26. The van der Waals surface area contributed by atoms with Gasteiger partial charge < -0.3 is 9.84 Å². The Kier molecular flexibility index (Phi) is 4.40. The summed E-state index contributed by atoms with van der Waals surface area (Å²) in [7, 11) is 0. The van der Waals surface area contributed by atoms with Crippen molar-refractivity contribution in [3.63, 3.8) is 0 Å². The third kappa shape index (κ3) is 2.80. The number of nitrogens with one attached hydrogen (secondary N) is 1. The molecular weight excluding hydrogens is 238 g/mol. The zero-order chi connectivity index (χ0) is 10.8. The van der Waals surface area contributed by atoms with E-state index in [1.807, 2.05) is 0 Å². The normalized spacial score (nSPS) is 25.8. The molecule has 3 rings (SSSR count). The molecule has 0 radical (unpaired) electrons. The number of hydrogen-bond acceptors (Lipinski definition) is 4. The van der Waals surface area contributed by atoms with Crippen LogP contribution in [0.3, 0.4) is 0 Å². The molecule has 1 aliphatic carbocycles. The fraction of sp³-hybridized carbons (Fsp3) is 0.833. The Labute approximate surface area is 108 Å². The van der Waals surface area contributed by atoms with Crippen LogP contribution in [0.4, 0.5) is 0 Å². The molecule has 1 aromatic rings. The highest BCUT2D eigenvalue weighted by molar-refractivity contribution is 5.85. The summed E-state index contributed by atoms with van der Waals surface area (Å²) in [5.74, 6) is 2.82. The first-order valence-electron chi connectivity index (χ1n) is 6.47. The largest absolute Gasteiger partial charge is 0.339 e. The predicted molar refractivity (Wildman–Crippen MR) is 67.6 cm³/mol. The van der Waals surface area contributed by atoms with Crippen LogP contribution in [-0.4, -0.2) is 23.2 Å². The van der Waals surface area contributed by atoms with Crippen LogP contribution in [0.25, 0.3) is 0 Å². The van der Waals surface area contributed by atoms with Gasteiger partial charge in [0.15, 0.2) is 5.82 Å². The highest BCUT2D eigenvalue weighted by Crippen LogP contribution is 2.32. The van der Waals surface area contributed by atoms with Gasteiger partial charge in [-0.25, -0.2) is 0 Å². The lowest BCUT2D eigenvalue weighted by molar-refractivity contribution is 0.344. The van der Waals surface area contributed by atoms with Crippen molar-refractivity contribution in [3.05, 3.63) is 11.7 Å². The van der Waals surface area contributed by atoms with Gasteiger partial charge in [0.1, 0.15) is 0 Å². The van der Waals surface area contributed by atoms with Crippen LogP contribution in [0.5, 0.6) is 0 Å². The van der Waals surface area contributed by atoms with Gasteiger partial charge in [0.25, 0.3) is 0 Å². The van der Waals surface area contributed by atoms with Crippen LogP contribution in [-0.2, 0) is 0 Å². The van der Waals surface area contributed by atoms with Crippen LogP contribution in [0, 0.1) is 0 Å². The molecule has 96 valence electrons. The molecule has 1 N–H and O–H groups in total. The van der Waals surface area contributed by atoms with Crippen molar-refractivity contribution in [2.24, 2.45) is 0 Å². The van der Waals surface area contributed by atoms with E-state index in [4.69, 9.17) is 4.52 Å². The molecule has 0 spiro atoms. The number of aromatic nitrogens is 2. The maximum atomic E-state index is 5.40. The predicted octanol–water partition coefficient (Wildman–Crippen LogP) is 2.62. The number of rotatable bonds is 2. The summed E-state index contributed by atoms with van der Waals surface area (Å²) >= 11 is 0. The molecule has 1 saturated heterocycles. The number of hydrogen-bond donors (Lipinski definition) is 1. The molecule has 4 nitrogen and oxygen atoms in total. The minimum atomic E-state index is 0. The van der Waals surface area contributed by atoms with Crippen LogP contribution in [0.15, 0.2) is 4.52 Å². The molecular formula is C12H20ClN3O. The zero-order valence-electron chi connectivity index (χ0n) is 10.0. The van der Waals surface area contributed by atoms with Crippen molar-refractivity contribution in [1.29, 1.82) is 0 Å². The molecule has 1 saturated carbocycles. The molecule has 0 bridgehead atoms. The third-order valence-electron chi connectivity index (χ3n) is 3.84. The third-order valence-corrected chi connectivity index (χ3v) is 3.84. The quantitative estimate of drug-likeness (QED) is 0.885. The lowest BCUT2D eigenvalue weighted by Gasteiger charge is -2.17. The molecule has 2 heterocycles. The molecule has 0 aromatic carbocycles. The van der Waals surface area contributed by atoms with E-state index in [1.165, 1.54) is 32.1 Å². The first kappa shape index (κ1) is 12.8. The molecule has 0 amide bonds. The Morgan fingerprint density at radius 1 is 1.06 bits per heavy atom. The topological polar surface area (TPSA) is 51.0 Å². The van der Waals surface area contributed by atoms with Gasteiger partial charge in [0.05, 0.1) is 5.92 Å². The van der Waals surface area contributed by atoms with E-state index >= 15 is 0 Å². The molecule has 1 unspecified atom stereocenters. The van der Waals surface area contributed by atoms with Gasteiger partial charge in [-0.2, -0.15) is 4.98 Å². The molecule has 1 aromatic heterocycles. The van der Waals surface area contributed by atoms with E-state index in [-0.39, 0.29) is 12.4 Å². The van der Waals surface area contributed by atoms with Crippen LogP contribution >= 0.6 is 12.4 Å². The molecule has 5 heteroatoms. The maximum Gasteiger partial charge on any atom is 0.231 e. The van der Waals surface area contributed by atoms with Gasteiger partial charge in [0, 0.05) is 12.5 Å². The van der Waals surface area contributed by atoms with E-state index in [1.54, 1.807) is 0 Å². The van der Waals surface area contributed by atoms with E-state index in [2.05, 4.69) is 15.5 Å². The van der Waals surface area contributed by atoms with Crippen LogP contribution in [0.2, 0.25) is 0 Å². The van der Waals surface area contributed by atoms with E-state index in [0.29, 0.717) is 11.8 Å². The van der Waals surface area contributed by atoms with Crippen molar-refractivity contribution in [3.8, 4) is 0 Å². The fourth-order valence-corrected chi connectivity index (χ4v) is 2.81. The average Bonchev–Trinajstić information content (AvgIpc) is 3.01. The van der Waals surface area contributed by atoms with Crippen molar-refractivity contribution in [1.82, 2.24) is 15.5 Å². The van der Waals surface area contributed by atoms with Crippen molar-refractivity contribution in [2.75, 3.05) is 13.1 Å². The summed E-state index contributed by atoms with van der Waals surface area (Å²) in [6, 6.07) is 0. The van der Waals surface area contributed by atoms with Gasteiger partial charge in [-0.05, 0) is 25.8 Å². The van der Waals surface area contributed by atoms with Crippen molar-refractivity contribution < 1.29 is 4.52 Å². The first-order chi connectivity index (χ1) is 7.93. The molecule has 1 aliphatic heterocycles. The van der Waals surface area contributed by atoms with Crippen LogP contribution in [0.1, 0.15) is 62.1 Å². The van der Waals surface area contributed by atoms with Gasteiger partial charge in [-0.15, -0.1) is 12.4 Å². The minimum absolute atomic E-state index is 0. The number of nitrogens with zero attached hydrogens (tertiary/aromatic N) is 2. The summed E-state index contributed by atoms with van der Waals surface area (Å²) < 4.78 is 5.40. The Balaban J connectivity index is 0.00000108. The Bertz CT molecular complexity index is 343. The monoisotopic (exact) mass is 257 g/mol. The smallest absolute Gasteiger partial charge is 0.231 e. The summed E-state index contributed by atoms with van der Waals surface area (Å²) in [6.07, 6.45) is 7.61. The SMILES string of the molecule is C1CCC(c2noc(C3CCNC3)n2)CC1.Cl. The van der Waals surface area contributed by atoms with E-state index in [9.17, 15) is 0 Å². The Morgan fingerprint density at radius 3 is 2.59 bits per heavy atom. The highest BCUT2D eigenvalue weighted by atomic mass is 35.5. The van der Waals surface area contributed by atoms with Crippen LogP contribution < -0.4 is 5.32 Å². The molecule has 2 aliphatic rings. The lowest BCUT2D eigenvalue weighted by Crippen LogP contribution is -2.09. The second-order valence-electron chi connectivity index (χ2n) is 5.02. The molecule has 2 fully saturated rings. The molecule has 1 atom stereocenters. The second-order valence-corrected chi connectivity index (χ2v) is 5.02. The zero-order valence-corrected chi connectivity index (χ0v) is 10.8. The Hall–Kier alpha value is -0.610. The Morgan fingerprint density at radius 2 is 1.88 bits per heavy atom. The molecule has 17 heavy (non-hydrogen) atoms. The summed E-state index contributed by atoms with van der Waals surface area (Å²) in [5.41, 5.74) is 0. The van der Waals surface area contributed by atoms with Gasteiger partial charge in [-0.3, -0.25) is 0 Å². The van der Waals surface area contributed by atoms with Crippen molar-refractivity contribution in [2.45, 2.75) is 50.4 Å². The maximum absolute atomic E-state index is 5.40. The van der Waals surface area contributed by atoms with Crippen molar-refractivity contribution >= 4 is 12.4 Å². The first-order valence-corrected chi connectivity index (χ1v) is 6.47. The average molecular weight is 258 g/mol. The minimum Gasteiger partial charge on any atom is -0.339 e. The van der Waals surface area contributed by atoms with E-state index in [0.717, 1.165) is 31.2 Å². The van der Waals surface area contributed by atoms with Gasteiger partial charge >= 0.3 is 0 Å². The summed E-state index contributed by atoms with van der Waals surface area (Å²) in [5, 5.41) is 7.50. The second kappa shape index (κ2) is 5.83. The van der Waals surface area contributed by atoms with E-state index < -0.39 is 0 Å². The van der Waals surface area contributed by atoms with Gasteiger partial charge in [-0.1, -0.05) is 24.4 Å².